The van der Waals surface area contributed by atoms with Gasteiger partial charge in [0, 0.05) is 24.6 Å². The third-order valence-corrected chi connectivity index (χ3v) is 3.64. The van der Waals surface area contributed by atoms with Crippen molar-refractivity contribution in [3.8, 4) is 0 Å². The number of carbonyl (C=O) groups is 2. The van der Waals surface area contributed by atoms with Gasteiger partial charge in [-0.25, -0.2) is 13.2 Å². The molecule has 2 rings (SSSR count). The molecule has 6 heteroatoms. The van der Waals surface area contributed by atoms with Gasteiger partial charge in [0.15, 0.2) is 17.5 Å². The quantitative estimate of drug-likeness (QED) is 0.804. The van der Waals surface area contributed by atoms with Gasteiger partial charge in [0.1, 0.15) is 5.78 Å². The average Bonchev–Trinajstić information content (AvgIpc) is 2.43. The van der Waals surface area contributed by atoms with Gasteiger partial charge in [0.25, 0.3) is 5.91 Å². The predicted octanol–water partition coefficient (Wildman–Crippen LogP) is 3.08. The van der Waals surface area contributed by atoms with Crippen LogP contribution in [0.3, 0.4) is 0 Å². The summed E-state index contributed by atoms with van der Waals surface area (Å²) in [5.41, 5.74) is -0.234. The van der Waals surface area contributed by atoms with E-state index in [1.807, 2.05) is 0 Å². The van der Waals surface area contributed by atoms with E-state index >= 15 is 0 Å². The highest BCUT2D eigenvalue weighted by molar-refractivity contribution is 5.95. The maximum Gasteiger partial charge on any atom is 0.254 e. The molecule has 1 atom stereocenters. The Hall–Kier alpha value is -1.85. The summed E-state index contributed by atoms with van der Waals surface area (Å²) >= 11 is 0. The Balaban J connectivity index is 2.26. The number of ketones is 1. The van der Waals surface area contributed by atoms with Crippen LogP contribution in [0, 0.1) is 17.5 Å². The molecule has 1 aliphatic rings. The summed E-state index contributed by atoms with van der Waals surface area (Å²) in [6.07, 6.45) is 2.57. The molecule has 3 nitrogen and oxygen atoms in total. The minimum Gasteiger partial charge on any atom is -0.335 e. The summed E-state index contributed by atoms with van der Waals surface area (Å²) in [6.45, 7) is 1.87. The Morgan fingerprint density at radius 3 is 2.38 bits per heavy atom. The molecule has 0 aromatic heterocycles. The molecule has 21 heavy (non-hydrogen) atoms. The third kappa shape index (κ3) is 3.43. The minimum atomic E-state index is -1.59. The van der Waals surface area contributed by atoms with Gasteiger partial charge in [-0.05, 0) is 38.3 Å². The number of hydrogen-bond acceptors (Lipinski definition) is 2. The second-order valence-electron chi connectivity index (χ2n) is 5.31. The monoisotopic (exact) mass is 299 g/mol. The lowest BCUT2D eigenvalue weighted by Gasteiger charge is -2.35. The molecule has 1 unspecified atom stereocenters. The summed E-state index contributed by atoms with van der Waals surface area (Å²) in [5.74, 6) is -4.99. The van der Waals surface area contributed by atoms with Crippen LogP contribution in [0.25, 0.3) is 0 Å². The molecule has 0 radical (unpaired) electrons. The Bertz CT molecular complexity index is 551. The van der Waals surface area contributed by atoms with Crippen LogP contribution in [0.4, 0.5) is 13.2 Å². The van der Waals surface area contributed by atoms with Crippen molar-refractivity contribution in [2.45, 2.75) is 38.6 Å². The number of carbonyl (C=O) groups excluding carboxylic acids is 2. The maximum absolute atomic E-state index is 13.2. The van der Waals surface area contributed by atoms with E-state index in [2.05, 4.69) is 0 Å². The first kappa shape index (κ1) is 15.5. The SMILES string of the molecule is CC(=O)CC1CCCCN1C(=O)c1cc(F)c(F)c(F)c1. The molecule has 1 amide bonds. The Kier molecular flexibility index (Phi) is 4.65. The molecule has 0 N–H and O–H groups in total. The topological polar surface area (TPSA) is 37.4 Å². The molecule has 1 saturated heterocycles. The number of hydrogen-bond donors (Lipinski definition) is 0. The van der Waals surface area contributed by atoms with Crippen molar-refractivity contribution >= 4 is 11.7 Å². The van der Waals surface area contributed by atoms with E-state index in [1.54, 1.807) is 0 Å². The van der Waals surface area contributed by atoms with Crippen molar-refractivity contribution in [1.82, 2.24) is 4.90 Å². The molecule has 0 bridgehead atoms. The first-order valence-electron chi connectivity index (χ1n) is 6.85. The fraction of sp³-hybridized carbons (Fsp3) is 0.467. The van der Waals surface area contributed by atoms with Crippen LogP contribution in [-0.2, 0) is 4.79 Å². The largest absolute Gasteiger partial charge is 0.335 e. The average molecular weight is 299 g/mol. The highest BCUT2D eigenvalue weighted by Crippen LogP contribution is 2.23. The van der Waals surface area contributed by atoms with E-state index in [-0.39, 0.29) is 23.8 Å². The molecule has 0 saturated carbocycles. The van der Waals surface area contributed by atoms with Gasteiger partial charge in [-0.3, -0.25) is 9.59 Å². The van der Waals surface area contributed by atoms with Crippen LogP contribution in [0.2, 0.25) is 0 Å². The second kappa shape index (κ2) is 6.28. The molecular weight excluding hydrogens is 283 g/mol. The lowest BCUT2D eigenvalue weighted by Crippen LogP contribution is -2.44. The van der Waals surface area contributed by atoms with Crippen molar-refractivity contribution in [1.29, 1.82) is 0 Å². The van der Waals surface area contributed by atoms with Crippen LogP contribution in [0.1, 0.15) is 43.0 Å². The Morgan fingerprint density at radius 2 is 1.81 bits per heavy atom. The fourth-order valence-electron chi connectivity index (χ4n) is 2.66. The number of likely N-dealkylation sites (tertiary alicyclic amines) is 1. The number of halogens is 3. The highest BCUT2D eigenvalue weighted by Gasteiger charge is 2.29. The van der Waals surface area contributed by atoms with Gasteiger partial charge in [0.2, 0.25) is 0 Å². The lowest BCUT2D eigenvalue weighted by molar-refractivity contribution is -0.118. The van der Waals surface area contributed by atoms with E-state index in [0.717, 1.165) is 12.8 Å². The normalized spacial score (nSPS) is 18.7. The first-order chi connectivity index (χ1) is 9.90. The van der Waals surface area contributed by atoms with Crippen LogP contribution < -0.4 is 0 Å². The first-order valence-corrected chi connectivity index (χ1v) is 6.85. The molecule has 1 fully saturated rings. The second-order valence-corrected chi connectivity index (χ2v) is 5.31. The number of amides is 1. The van der Waals surface area contributed by atoms with Crippen LogP contribution in [-0.4, -0.2) is 29.2 Å². The summed E-state index contributed by atoms with van der Waals surface area (Å²) < 4.78 is 39.4. The molecule has 1 aromatic carbocycles. The number of piperidine rings is 1. The van der Waals surface area contributed by atoms with E-state index in [0.29, 0.717) is 25.1 Å². The van der Waals surface area contributed by atoms with Crippen LogP contribution in [0.15, 0.2) is 12.1 Å². The van der Waals surface area contributed by atoms with Crippen LogP contribution in [0.5, 0.6) is 0 Å². The zero-order valence-corrected chi connectivity index (χ0v) is 11.7. The van der Waals surface area contributed by atoms with Gasteiger partial charge in [0.05, 0.1) is 0 Å². The molecule has 1 heterocycles. The van der Waals surface area contributed by atoms with Gasteiger partial charge in [-0.2, -0.15) is 0 Å². The zero-order chi connectivity index (χ0) is 15.6. The fourth-order valence-corrected chi connectivity index (χ4v) is 2.66. The molecule has 114 valence electrons. The maximum atomic E-state index is 13.2. The lowest BCUT2D eigenvalue weighted by atomic mass is 9.96. The van der Waals surface area contributed by atoms with E-state index in [9.17, 15) is 22.8 Å². The van der Waals surface area contributed by atoms with Crippen molar-refractivity contribution < 1.29 is 22.8 Å². The van der Waals surface area contributed by atoms with Gasteiger partial charge in [-0.1, -0.05) is 0 Å². The minimum absolute atomic E-state index is 0.0452. The molecule has 1 aromatic rings. The summed E-state index contributed by atoms with van der Waals surface area (Å²) in [4.78, 5) is 25.1. The molecule has 0 spiro atoms. The number of Topliss-reactive ketones (excluding diaryl/α,β-unsaturated/α-hetero) is 1. The Labute approximate surface area is 120 Å². The van der Waals surface area contributed by atoms with Gasteiger partial charge in [-0.15, -0.1) is 0 Å². The third-order valence-electron chi connectivity index (χ3n) is 3.64. The van der Waals surface area contributed by atoms with Gasteiger partial charge < -0.3 is 4.90 Å². The van der Waals surface area contributed by atoms with E-state index in [4.69, 9.17) is 0 Å². The summed E-state index contributed by atoms with van der Waals surface area (Å²) in [6, 6.07) is 1.13. The molecule has 1 aliphatic heterocycles. The summed E-state index contributed by atoms with van der Waals surface area (Å²) in [5, 5.41) is 0. The highest BCUT2D eigenvalue weighted by atomic mass is 19.2. The van der Waals surface area contributed by atoms with E-state index < -0.39 is 23.4 Å². The number of rotatable bonds is 3. The number of benzene rings is 1. The zero-order valence-electron chi connectivity index (χ0n) is 11.7. The van der Waals surface area contributed by atoms with E-state index in [1.165, 1.54) is 11.8 Å². The summed E-state index contributed by atoms with van der Waals surface area (Å²) in [7, 11) is 0. The van der Waals surface area contributed by atoms with Crippen molar-refractivity contribution in [3.63, 3.8) is 0 Å². The standard InChI is InChI=1S/C15H16F3NO2/c1-9(20)6-11-4-2-3-5-19(11)15(21)10-7-12(16)14(18)13(17)8-10/h7-8,11H,2-6H2,1H3. The van der Waals surface area contributed by atoms with Gasteiger partial charge >= 0.3 is 0 Å². The number of nitrogens with zero attached hydrogens (tertiary/aromatic N) is 1. The molecule has 0 aliphatic carbocycles. The molecular formula is C15H16F3NO2. The van der Waals surface area contributed by atoms with Crippen molar-refractivity contribution in [2.75, 3.05) is 6.54 Å². The van der Waals surface area contributed by atoms with Crippen molar-refractivity contribution in [3.05, 3.63) is 35.1 Å². The van der Waals surface area contributed by atoms with Crippen LogP contribution >= 0.6 is 0 Å². The Morgan fingerprint density at radius 1 is 1.19 bits per heavy atom. The smallest absolute Gasteiger partial charge is 0.254 e. The van der Waals surface area contributed by atoms with Crippen molar-refractivity contribution in [2.24, 2.45) is 0 Å². The predicted molar refractivity (Wildman–Crippen MR) is 70.3 cm³/mol.